The van der Waals surface area contributed by atoms with E-state index in [-0.39, 0.29) is 24.9 Å². The molecule has 2 heterocycles. The molecule has 0 radical (unpaired) electrons. The zero-order valence-corrected chi connectivity index (χ0v) is 20.4. The van der Waals surface area contributed by atoms with Gasteiger partial charge in [-0.1, -0.05) is 60.1 Å². The summed E-state index contributed by atoms with van der Waals surface area (Å²) in [6, 6.07) is 24.7. The summed E-state index contributed by atoms with van der Waals surface area (Å²) in [5.41, 5.74) is 2.10. The molecule has 0 spiro atoms. The third kappa shape index (κ3) is 4.15. The van der Waals surface area contributed by atoms with E-state index in [2.05, 4.69) is 5.32 Å². The van der Waals surface area contributed by atoms with E-state index in [1.807, 2.05) is 84.3 Å². The summed E-state index contributed by atoms with van der Waals surface area (Å²) in [6.45, 7) is 2.71. The lowest BCUT2D eigenvalue weighted by molar-refractivity contribution is -0.133. The van der Waals surface area contributed by atoms with Crippen molar-refractivity contribution in [1.82, 2.24) is 14.8 Å². The van der Waals surface area contributed by atoms with Crippen molar-refractivity contribution in [3.05, 3.63) is 101 Å². The molecule has 178 valence electrons. The molecule has 1 aliphatic rings. The molecule has 1 atom stereocenters. The largest absolute Gasteiger partial charge is 0.496 e. The van der Waals surface area contributed by atoms with Crippen LogP contribution in [0.3, 0.4) is 0 Å². The number of nitrogens with zero attached hydrogens (tertiary/aromatic N) is 2. The third-order valence-electron chi connectivity index (χ3n) is 6.69. The van der Waals surface area contributed by atoms with Gasteiger partial charge in [-0.05, 0) is 42.8 Å². The normalized spacial score (nSPS) is 17.3. The average molecular weight is 488 g/mol. The van der Waals surface area contributed by atoms with Gasteiger partial charge >= 0.3 is 0 Å². The second kappa shape index (κ2) is 9.12. The quantitative estimate of drug-likeness (QED) is 0.414. The minimum absolute atomic E-state index is 0.192. The van der Waals surface area contributed by atoms with Gasteiger partial charge in [0.05, 0.1) is 13.7 Å². The van der Waals surface area contributed by atoms with Crippen molar-refractivity contribution in [2.75, 3.05) is 7.11 Å². The first-order valence-electron chi connectivity index (χ1n) is 11.5. The summed E-state index contributed by atoms with van der Waals surface area (Å²) in [6.07, 6.45) is 0. The number of methoxy groups -OCH3 is 1. The highest BCUT2D eigenvalue weighted by Crippen LogP contribution is 2.34. The lowest BCUT2D eigenvalue weighted by Gasteiger charge is -2.44. The number of carbonyl (C=O) groups is 2. The maximum absolute atomic E-state index is 13.8. The van der Waals surface area contributed by atoms with E-state index in [1.165, 1.54) is 0 Å². The number of nitrogens with one attached hydrogen (secondary N) is 1. The SMILES string of the molecule is COc1ccccc1CNC(=O)C1(C)Cn2c(cc3ccccc32)C(=O)N1Cc1cccc(Cl)c1. The number of amides is 2. The molecule has 0 saturated heterocycles. The van der Waals surface area contributed by atoms with Crippen molar-refractivity contribution in [2.24, 2.45) is 0 Å². The topological polar surface area (TPSA) is 63.6 Å². The molecule has 1 aromatic heterocycles. The smallest absolute Gasteiger partial charge is 0.271 e. The Balaban J connectivity index is 1.53. The van der Waals surface area contributed by atoms with E-state index in [0.717, 1.165) is 22.0 Å². The first-order valence-corrected chi connectivity index (χ1v) is 11.8. The van der Waals surface area contributed by atoms with Crippen molar-refractivity contribution in [2.45, 2.75) is 32.1 Å². The molecular weight excluding hydrogens is 462 g/mol. The van der Waals surface area contributed by atoms with E-state index < -0.39 is 5.54 Å². The van der Waals surface area contributed by atoms with Crippen LogP contribution < -0.4 is 10.1 Å². The molecule has 0 bridgehead atoms. The summed E-state index contributed by atoms with van der Waals surface area (Å²) < 4.78 is 7.38. The summed E-state index contributed by atoms with van der Waals surface area (Å²) in [7, 11) is 1.60. The number of aromatic nitrogens is 1. The predicted octanol–water partition coefficient (Wildman–Crippen LogP) is 5.03. The number of ether oxygens (including phenoxy) is 1. The Morgan fingerprint density at radius 3 is 2.63 bits per heavy atom. The number of carbonyl (C=O) groups excluding carboxylic acids is 2. The van der Waals surface area contributed by atoms with Gasteiger partial charge in [0.15, 0.2) is 0 Å². The van der Waals surface area contributed by atoms with Gasteiger partial charge in [-0.3, -0.25) is 9.59 Å². The summed E-state index contributed by atoms with van der Waals surface area (Å²) in [5.74, 6) is 0.275. The molecular formula is C28H26ClN3O3. The highest BCUT2D eigenvalue weighted by atomic mass is 35.5. The molecule has 0 saturated carbocycles. The van der Waals surface area contributed by atoms with Crippen molar-refractivity contribution < 1.29 is 14.3 Å². The molecule has 5 rings (SSSR count). The highest BCUT2D eigenvalue weighted by molar-refractivity contribution is 6.30. The van der Waals surface area contributed by atoms with Crippen molar-refractivity contribution in [3.8, 4) is 5.75 Å². The number of para-hydroxylation sites is 2. The van der Waals surface area contributed by atoms with Crippen LogP contribution in [-0.4, -0.2) is 33.9 Å². The summed E-state index contributed by atoms with van der Waals surface area (Å²) >= 11 is 6.21. The maximum Gasteiger partial charge on any atom is 0.271 e. The number of benzene rings is 3. The van der Waals surface area contributed by atoms with Crippen molar-refractivity contribution in [3.63, 3.8) is 0 Å². The first kappa shape index (κ1) is 23.0. The Bertz CT molecular complexity index is 1430. The van der Waals surface area contributed by atoms with E-state index in [1.54, 1.807) is 18.1 Å². The van der Waals surface area contributed by atoms with Gasteiger partial charge in [-0.15, -0.1) is 0 Å². The van der Waals surface area contributed by atoms with Crippen LogP contribution in [0.2, 0.25) is 5.02 Å². The van der Waals surface area contributed by atoms with Crippen LogP contribution in [0.25, 0.3) is 10.9 Å². The van der Waals surface area contributed by atoms with Gasteiger partial charge in [-0.25, -0.2) is 0 Å². The van der Waals surface area contributed by atoms with E-state index in [4.69, 9.17) is 16.3 Å². The molecule has 1 unspecified atom stereocenters. The predicted molar refractivity (Wildman–Crippen MR) is 137 cm³/mol. The molecule has 0 aliphatic carbocycles. The molecule has 3 aromatic carbocycles. The molecule has 4 aromatic rings. The Kier molecular flexibility index (Phi) is 5.99. The Labute approximate surface area is 209 Å². The summed E-state index contributed by atoms with van der Waals surface area (Å²) in [5, 5.41) is 4.61. The maximum atomic E-state index is 13.8. The van der Waals surface area contributed by atoms with Gasteiger partial charge in [0.2, 0.25) is 5.91 Å². The number of hydrogen-bond donors (Lipinski definition) is 1. The molecule has 0 fully saturated rings. The molecule has 35 heavy (non-hydrogen) atoms. The van der Waals surface area contributed by atoms with Gasteiger partial charge < -0.3 is 19.5 Å². The molecule has 2 amide bonds. The lowest BCUT2D eigenvalue weighted by Crippen LogP contribution is -2.63. The zero-order chi connectivity index (χ0) is 24.6. The van der Waals surface area contributed by atoms with Crippen LogP contribution in [0.4, 0.5) is 0 Å². The fourth-order valence-corrected chi connectivity index (χ4v) is 5.00. The number of halogens is 1. The lowest BCUT2D eigenvalue weighted by atomic mass is 9.93. The second-order valence-corrected chi connectivity index (χ2v) is 9.40. The van der Waals surface area contributed by atoms with Crippen molar-refractivity contribution in [1.29, 1.82) is 0 Å². The number of rotatable bonds is 6. The van der Waals surface area contributed by atoms with Crippen LogP contribution in [0.15, 0.2) is 78.9 Å². The molecule has 1 aliphatic heterocycles. The van der Waals surface area contributed by atoms with Crippen LogP contribution in [-0.2, 0) is 24.4 Å². The first-order chi connectivity index (χ1) is 16.9. The minimum atomic E-state index is -1.13. The van der Waals surface area contributed by atoms with E-state index in [0.29, 0.717) is 23.0 Å². The number of fused-ring (bicyclic) bond motifs is 3. The van der Waals surface area contributed by atoms with Gasteiger partial charge in [-0.2, -0.15) is 0 Å². The van der Waals surface area contributed by atoms with Gasteiger partial charge in [0.25, 0.3) is 5.91 Å². The standard InChI is InChI=1S/C28H26ClN3O3/c1-28(27(34)30-16-21-10-4-6-13-25(21)35-2)18-31-23-12-5-3-9-20(23)15-24(31)26(33)32(28)17-19-8-7-11-22(29)14-19/h3-15H,16-18H2,1-2H3,(H,30,34). The monoisotopic (exact) mass is 487 g/mol. The fourth-order valence-electron chi connectivity index (χ4n) is 4.79. The second-order valence-electron chi connectivity index (χ2n) is 8.96. The molecule has 7 heteroatoms. The van der Waals surface area contributed by atoms with Gasteiger partial charge in [0, 0.05) is 34.6 Å². The average Bonchev–Trinajstić information content (AvgIpc) is 3.23. The number of hydrogen-bond acceptors (Lipinski definition) is 3. The Morgan fingerprint density at radius 1 is 1.06 bits per heavy atom. The van der Waals surface area contributed by atoms with Gasteiger partial charge in [0.1, 0.15) is 17.0 Å². The van der Waals surface area contributed by atoms with Crippen LogP contribution >= 0.6 is 11.6 Å². The molecule has 1 N–H and O–H groups in total. The fraction of sp³-hybridized carbons (Fsp3) is 0.214. The highest BCUT2D eigenvalue weighted by Gasteiger charge is 2.47. The summed E-state index contributed by atoms with van der Waals surface area (Å²) in [4.78, 5) is 29.3. The molecule has 6 nitrogen and oxygen atoms in total. The van der Waals surface area contributed by atoms with Crippen LogP contribution in [0.1, 0.15) is 28.5 Å². The zero-order valence-electron chi connectivity index (χ0n) is 19.6. The van der Waals surface area contributed by atoms with E-state index >= 15 is 0 Å². The third-order valence-corrected chi connectivity index (χ3v) is 6.92. The van der Waals surface area contributed by atoms with Crippen molar-refractivity contribution >= 4 is 34.3 Å². The minimum Gasteiger partial charge on any atom is -0.496 e. The van der Waals surface area contributed by atoms with Crippen LogP contribution in [0.5, 0.6) is 5.75 Å². The van der Waals surface area contributed by atoms with Crippen LogP contribution in [0, 0.1) is 0 Å². The Morgan fingerprint density at radius 2 is 1.83 bits per heavy atom. The van der Waals surface area contributed by atoms with E-state index in [9.17, 15) is 9.59 Å². The Hall–Kier alpha value is -3.77.